The van der Waals surface area contributed by atoms with E-state index in [1.165, 1.54) is 0 Å². The van der Waals surface area contributed by atoms with Gasteiger partial charge in [0.25, 0.3) is 0 Å². The Bertz CT molecular complexity index is 274. The molecule has 0 heterocycles. The van der Waals surface area contributed by atoms with Gasteiger partial charge in [0.1, 0.15) is 12.4 Å². The molecule has 3 heteroatoms. The summed E-state index contributed by atoms with van der Waals surface area (Å²) >= 11 is 11.4. The first-order chi connectivity index (χ1) is 6.15. The molecule has 72 valence electrons. The summed E-state index contributed by atoms with van der Waals surface area (Å²) in [5.41, 5.74) is 2.10. The van der Waals surface area contributed by atoms with Crippen molar-refractivity contribution in [3.63, 3.8) is 0 Å². The van der Waals surface area contributed by atoms with Crippen molar-refractivity contribution in [1.29, 1.82) is 0 Å². The van der Waals surface area contributed by atoms with Crippen LogP contribution < -0.4 is 4.74 Å². The second-order valence-electron chi connectivity index (χ2n) is 2.91. The lowest BCUT2D eigenvalue weighted by atomic mass is 10.1. The molecule has 0 aliphatic carbocycles. The number of aryl methyl sites for hydroxylation is 2. The van der Waals surface area contributed by atoms with Gasteiger partial charge in [0.15, 0.2) is 0 Å². The van der Waals surface area contributed by atoms with E-state index >= 15 is 0 Å². The zero-order valence-corrected chi connectivity index (χ0v) is 9.24. The number of rotatable bonds is 3. The number of hydrogen-bond donors (Lipinski definition) is 0. The van der Waals surface area contributed by atoms with E-state index in [9.17, 15) is 0 Å². The third-order valence-corrected chi connectivity index (χ3v) is 2.12. The van der Waals surface area contributed by atoms with Crippen LogP contribution in [-0.2, 0) is 0 Å². The molecule has 1 aromatic carbocycles. The van der Waals surface area contributed by atoms with Crippen LogP contribution in [0, 0.1) is 13.8 Å². The van der Waals surface area contributed by atoms with Gasteiger partial charge in [0.05, 0.1) is 5.88 Å². The van der Waals surface area contributed by atoms with Crippen molar-refractivity contribution in [2.75, 3.05) is 12.5 Å². The molecule has 1 rings (SSSR count). The topological polar surface area (TPSA) is 9.23 Å². The molecular weight excluding hydrogens is 207 g/mol. The molecule has 1 nitrogen and oxygen atoms in total. The molecule has 0 aliphatic rings. The average molecular weight is 219 g/mol. The van der Waals surface area contributed by atoms with Gasteiger partial charge in [-0.2, -0.15) is 0 Å². The highest BCUT2D eigenvalue weighted by atomic mass is 35.5. The Hall–Kier alpha value is -0.400. The Morgan fingerprint density at radius 2 is 1.77 bits per heavy atom. The first kappa shape index (κ1) is 10.7. The van der Waals surface area contributed by atoms with Crippen molar-refractivity contribution in [3.05, 3.63) is 28.3 Å². The molecule has 0 bridgehead atoms. The summed E-state index contributed by atoms with van der Waals surface area (Å²) in [6.07, 6.45) is 0. The molecule has 0 saturated heterocycles. The molecule has 0 aliphatic heterocycles. The SMILES string of the molecule is Cc1cc(Cl)cc(C)c1OCCCl. The van der Waals surface area contributed by atoms with E-state index in [1.54, 1.807) is 0 Å². The summed E-state index contributed by atoms with van der Waals surface area (Å²) in [7, 11) is 0. The minimum absolute atomic E-state index is 0.501. The fourth-order valence-electron chi connectivity index (χ4n) is 1.27. The quantitative estimate of drug-likeness (QED) is 0.706. The Morgan fingerprint density at radius 3 is 2.23 bits per heavy atom. The van der Waals surface area contributed by atoms with Gasteiger partial charge < -0.3 is 4.74 Å². The van der Waals surface area contributed by atoms with Crippen LogP contribution in [0.15, 0.2) is 12.1 Å². The van der Waals surface area contributed by atoms with Crippen LogP contribution in [0.3, 0.4) is 0 Å². The monoisotopic (exact) mass is 218 g/mol. The van der Waals surface area contributed by atoms with Gasteiger partial charge in [-0.15, -0.1) is 11.6 Å². The lowest BCUT2D eigenvalue weighted by Gasteiger charge is -2.11. The minimum Gasteiger partial charge on any atom is -0.492 e. The fourth-order valence-corrected chi connectivity index (χ4v) is 1.67. The largest absolute Gasteiger partial charge is 0.492 e. The summed E-state index contributed by atoms with van der Waals surface area (Å²) < 4.78 is 5.48. The van der Waals surface area contributed by atoms with Gasteiger partial charge in [-0.05, 0) is 37.1 Å². The fraction of sp³-hybridized carbons (Fsp3) is 0.400. The Kier molecular flexibility index (Phi) is 3.89. The Labute approximate surface area is 88.6 Å². The third kappa shape index (κ3) is 2.78. The summed E-state index contributed by atoms with van der Waals surface area (Å²) in [5.74, 6) is 1.40. The lowest BCUT2D eigenvalue weighted by Crippen LogP contribution is -2.01. The minimum atomic E-state index is 0.501. The molecule has 0 atom stereocenters. The van der Waals surface area contributed by atoms with Gasteiger partial charge in [-0.1, -0.05) is 11.6 Å². The number of halogens is 2. The maximum Gasteiger partial charge on any atom is 0.125 e. The van der Waals surface area contributed by atoms with Crippen LogP contribution in [0.25, 0.3) is 0 Å². The van der Waals surface area contributed by atoms with Crippen molar-refractivity contribution in [2.45, 2.75) is 13.8 Å². The molecular formula is C10H12Cl2O. The maximum absolute atomic E-state index is 5.87. The van der Waals surface area contributed by atoms with Crippen LogP contribution in [0.5, 0.6) is 5.75 Å². The normalized spacial score (nSPS) is 10.2. The van der Waals surface area contributed by atoms with Gasteiger partial charge in [0.2, 0.25) is 0 Å². The van der Waals surface area contributed by atoms with Crippen LogP contribution in [0.1, 0.15) is 11.1 Å². The number of alkyl halides is 1. The van der Waals surface area contributed by atoms with Crippen molar-refractivity contribution in [1.82, 2.24) is 0 Å². The molecule has 0 N–H and O–H groups in total. The molecule has 0 saturated carbocycles. The molecule has 1 aromatic rings. The van der Waals surface area contributed by atoms with E-state index in [0.717, 1.165) is 21.9 Å². The smallest absolute Gasteiger partial charge is 0.125 e. The summed E-state index contributed by atoms with van der Waals surface area (Å²) in [4.78, 5) is 0. The summed E-state index contributed by atoms with van der Waals surface area (Å²) in [6.45, 7) is 4.48. The highest BCUT2D eigenvalue weighted by molar-refractivity contribution is 6.30. The summed E-state index contributed by atoms with van der Waals surface area (Å²) in [6, 6.07) is 3.77. The van der Waals surface area contributed by atoms with E-state index < -0.39 is 0 Å². The van der Waals surface area contributed by atoms with Crippen LogP contribution in [0.2, 0.25) is 5.02 Å². The molecule has 0 unspecified atom stereocenters. The molecule has 0 amide bonds. The third-order valence-electron chi connectivity index (χ3n) is 1.75. The second kappa shape index (κ2) is 4.73. The zero-order chi connectivity index (χ0) is 9.84. The van der Waals surface area contributed by atoms with Gasteiger partial charge in [-0.3, -0.25) is 0 Å². The molecule has 0 radical (unpaired) electrons. The molecule has 0 spiro atoms. The van der Waals surface area contributed by atoms with E-state index in [2.05, 4.69) is 0 Å². The van der Waals surface area contributed by atoms with Crippen molar-refractivity contribution < 1.29 is 4.74 Å². The van der Waals surface area contributed by atoms with E-state index in [-0.39, 0.29) is 0 Å². The lowest BCUT2D eigenvalue weighted by molar-refractivity contribution is 0.338. The van der Waals surface area contributed by atoms with E-state index in [0.29, 0.717) is 12.5 Å². The molecule has 0 aromatic heterocycles. The highest BCUT2D eigenvalue weighted by Gasteiger charge is 2.04. The van der Waals surface area contributed by atoms with Crippen molar-refractivity contribution in [2.24, 2.45) is 0 Å². The molecule has 13 heavy (non-hydrogen) atoms. The first-order valence-electron chi connectivity index (χ1n) is 4.10. The second-order valence-corrected chi connectivity index (χ2v) is 3.72. The predicted molar refractivity (Wildman–Crippen MR) is 57.1 cm³/mol. The highest BCUT2D eigenvalue weighted by Crippen LogP contribution is 2.26. The van der Waals surface area contributed by atoms with Gasteiger partial charge in [-0.25, -0.2) is 0 Å². The molecule has 0 fully saturated rings. The van der Waals surface area contributed by atoms with E-state index in [4.69, 9.17) is 27.9 Å². The number of ether oxygens (including phenoxy) is 1. The first-order valence-corrected chi connectivity index (χ1v) is 5.02. The van der Waals surface area contributed by atoms with Crippen LogP contribution in [-0.4, -0.2) is 12.5 Å². The summed E-state index contributed by atoms with van der Waals surface area (Å²) in [5, 5.41) is 0.744. The maximum atomic E-state index is 5.87. The zero-order valence-electron chi connectivity index (χ0n) is 7.73. The van der Waals surface area contributed by atoms with Gasteiger partial charge >= 0.3 is 0 Å². The number of benzene rings is 1. The van der Waals surface area contributed by atoms with Crippen molar-refractivity contribution >= 4 is 23.2 Å². The van der Waals surface area contributed by atoms with Gasteiger partial charge in [0, 0.05) is 5.02 Å². The number of hydrogen-bond acceptors (Lipinski definition) is 1. The predicted octanol–water partition coefficient (Wildman–Crippen LogP) is 3.57. The standard InChI is InChI=1S/C10H12Cl2O/c1-7-5-9(12)6-8(2)10(7)13-4-3-11/h5-6H,3-4H2,1-2H3. The van der Waals surface area contributed by atoms with E-state index in [1.807, 2.05) is 26.0 Å². The van der Waals surface area contributed by atoms with Crippen molar-refractivity contribution in [3.8, 4) is 5.75 Å². The Morgan fingerprint density at radius 1 is 1.23 bits per heavy atom. The average Bonchev–Trinajstić information content (AvgIpc) is 2.02. The Balaban J connectivity index is 2.92. The van der Waals surface area contributed by atoms with Crippen LogP contribution >= 0.6 is 23.2 Å². The van der Waals surface area contributed by atoms with Crippen LogP contribution in [0.4, 0.5) is 0 Å².